The number of rotatable bonds is 48. The van der Waals surface area contributed by atoms with Gasteiger partial charge in [0.05, 0.1) is 128 Å². The van der Waals surface area contributed by atoms with E-state index in [9.17, 15) is 147 Å². The summed E-state index contributed by atoms with van der Waals surface area (Å²) in [7, 11) is 0. The first-order valence-corrected chi connectivity index (χ1v) is 50.2. The second kappa shape index (κ2) is 52.2. The van der Waals surface area contributed by atoms with Crippen LogP contribution in [0.3, 0.4) is 0 Å². The molecule has 55 nitrogen and oxygen atoms in total. The van der Waals surface area contributed by atoms with Gasteiger partial charge in [-0.15, -0.1) is 0 Å². The summed E-state index contributed by atoms with van der Waals surface area (Å²) in [5.74, 6) is -12.1. The van der Waals surface area contributed by atoms with Gasteiger partial charge in [0.2, 0.25) is 18.5 Å². The molecule has 0 aromatic heterocycles. The molecule has 55 heteroatoms. The number of azide groups is 1. The fourth-order valence-corrected chi connectivity index (χ4v) is 23.3. The van der Waals surface area contributed by atoms with E-state index in [1.54, 1.807) is 6.92 Å². The Morgan fingerprint density at radius 3 is 1.76 bits per heavy atom. The molecule has 27 N–H and O–H groups in total. The minimum Gasteiger partial charge on any atom is -0.505 e. The first-order chi connectivity index (χ1) is 70.0. The van der Waals surface area contributed by atoms with Crippen LogP contribution in [0.25, 0.3) is 10.4 Å². The lowest BCUT2D eigenvalue weighted by Crippen LogP contribution is -2.71. The third kappa shape index (κ3) is 27.0. The highest BCUT2D eigenvalue weighted by Crippen LogP contribution is 2.76. The number of carboxylic acids is 1. The number of aliphatic carboxylic acids is 1. The van der Waals surface area contributed by atoms with Crippen molar-refractivity contribution < 1.29 is 247 Å². The van der Waals surface area contributed by atoms with Crippen molar-refractivity contribution in [2.45, 2.75) is 399 Å². The first kappa shape index (κ1) is 123. The Kier molecular flexibility index (Phi) is 43.3. The number of allylic oxidation sites excluding steroid dienone is 2. The van der Waals surface area contributed by atoms with Gasteiger partial charge in [0.15, 0.2) is 61.5 Å². The summed E-state index contributed by atoms with van der Waals surface area (Å²) in [5.41, 5.74) is 4.52. The Morgan fingerprint density at radius 1 is 0.570 bits per heavy atom. The van der Waals surface area contributed by atoms with Crippen LogP contribution in [0, 0.1) is 50.2 Å². The van der Waals surface area contributed by atoms with Crippen LogP contribution < -0.4 is 5.43 Å². The molecule has 0 spiro atoms. The highest BCUT2D eigenvalue weighted by Gasteiger charge is 2.74. The van der Waals surface area contributed by atoms with Gasteiger partial charge in [0.1, 0.15) is 146 Å². The molecule has 6 aliphatic heterocycles. The smallest absolute Gasteiger partial charge is 0.318 e. The van der Waals surface area contributed by atoms with Crippen LogP contribution in [0.2, 0.25) is 0 Å². The van der Waals surface area contributed by atoms with E-state index < -0.39 is 364 Å². The van der Waals surface area contributed by atoms with Gasteiger partial charge in [-0.1, -0.05) is 58.3 Å². The highest BCUT2D eigenvalue weighted by atomic mass is 16.8. The van der Waals surface area contributed by atoms with Crippen LogP contribution in [0.5, 0.6) is 0 Å². The predicted octanol–water partition coefficient (Wildman–Crippen LogP) is -7.44. The van der Waals surface area contributed by atoms with Crippen LogP contribution in [0.15, 0.2) is 33.4 Å². The van der Waals surface area contributed by atoms with Gasteiger partial charge >= 0.3 is 17.9 Å². The number of carbonyl (C=O) groups excluding carboxylic acids is 3. The van der Waals surface area contributed by atoms with Crippen LogP contribution in [-0.4, -0.2) is 494 Å². The summed E-state index contributed by atoms with van der Waals surface area (Å²) in [6.45, 7) is 16.3. The quantitative estimate of drug-likeness (QED) is 0.00257. The number of nitrogens with one attached hydrogen (secondary N) is 1. The maximum atomic E-state index is 16.9. The SMILES string of the molecule is CC(=O)OC1C(C)OC(OC2C(C)OCC(OC(=O)[C@]34CCC(C)(C)CC3C3=CCC5[C@@]6(C)CC[C@H](OC(O)C(OC7OC(CO)C(O)C(O)C7O)C(OC7OCC(O)C(O)C7O)C(O)CC(=O)O)[C@@](C)(/C=N/NC(=O)CCOCCOCCOCCOCCN=[N+]=[N-])C6CC[C@@]5(C)[C@]3(C)C[C@H]4O)(OC3OC(C)C(OC(O)/C(O)=C(/OC4OC(CO)C(O)C(O)C4O)C(C)O)C(O)C3O)C2O)C(O)C1OC(O)C(O)C(O)C(C)O. The molecule has 11 aliphatic rings. The summed E-state index contributed by atoms with van der Waals surface area (Å²) in [4.78, 5) is 58.8. The summed E-state index contributed by atoms with van der Waals surface area (Å²) in [5, 5.41) is 302. The Hall–Kier alpha value is -5.70. The number of carboxylic acid groups (broad SMARTS) is 1. The van der Waals surface area contributed by atoms with Crippen molar-refractivity contribution in [3.63, 3.8) is 0 Å². The molecule has 856 valence electrons. The van der Waals surface area contributed by atoms with E-state index in [0.29, 0.717) is 5.57 Å². The molecule has 0 aromatic rings. The predicted molar refractivity (Wildman–Crippen MR) is 494 cm³/mol. The molecular formula is C94H155N5O50. The number of hydrazone groups is 1. The number of carbonyl (C=O) groups is 4. The molecule has 149 heavy (non-hydrogen) atoms. The van der Waals surface area contributed by atoms with Crippen LogP contribution in [0.1, 0.15) is 154 Å². The van der Waals surface area contributed by atoms with Crippen LogP contribution in [0.4, 0.5) is 0 Å². The maximum Gasteiger partial charge on any atom is 0.318 e. The Morgan fingerprint density at radius 2 is 1.15 bits per heavy atom. The lowest BCUT2D eigenvalue weighted by Gasteiger charge is -2.71. The monoisotopic (exact) mass is 2150 g/mol. The molecule has 11 rings (SSSR count). The topological polar surface area (TPSA) is 852 Å². The number of ether oxygens (including phenoxy) is 20. The summed E-state index contributed by atoms with van der Waals surface area (Å²) in [6.07, 6.45) is -76.7. The third-order valence-corrected chi connectivity index (χ3v) is 31.9. The van der Waals surface area contributed by atoms with Gasteiger partial charge < -0.3 is 228 Å². The third-order valence-electron chi connectivity index (χ3n) is 31.9. The molecular weight excluding hydrogens is 2000 g/mol. The number of hydrogen-bond donors (Lipinski definition) is 27. The van der Waals surface area contributed by atoms with Crippen molar-refractivity contribution >= 4 is 30.0 Å². The Bertz CT molecular complexity index is 4450. The fourth-order valence-electron chi connectivity index (χ4n) is 23.3. The number of esters is 2. The number of hydrogen-bond acceptors (Lipinski definition) is 51. The zero-order valence-corrected chi connectivity index (χ0v) is 85.1. The van der Waals surface area contributed by atoms with Gasteiger partial charge in [0.25, 0.3) is 5.79 Å². The Balaban J connectivity index is 0.935. The molecule has 10 fully saturated rings. The van der Waals surface area contributed by atoms with Crippen molar-refractivity contribution in [2.24, 2.45) is 60.5 Å². The fraction of sp³-hybridized carbons (Fsp3) is 0.904. The molecule has 4 saturated carbocycles. The van der Waals surface area contributed by atoms with E-state index in [1.165, 1.54) is 27.0 Å². The summed E-state index contributed by atoms with van der Waals surface area (Å²) < 4.78 is 119. The minimum absolute atomic E-state index is 0.0622. The summed E-state index contributed by atoms with van der Waals surface area (Å²) >= 11 is 0. The van der Waals surface area contributed by atoms with Gasteiger partial charge in [-0.25, -0.2) is 5.43 Å². The average Bonchev–Trinajstić information content (AvgIpc) is 0.666. The lowest BCUT2D eigenvalue weighted by atomic mass is 9.33. The van der Waals surface area contributed by atoms with Crippen molar-refractivity contribution in [1.29, 1.82) is 0 Å². The molecule has 5 aliphatic carbocycles. The molecule has 6 heterocycles. The van der Waals surface area contributed by atoms with Gasteiger partial charge in [-0.3, -0.25) is 19.2 Å². The van der Waals surface area contributed by atoms with Crippen LogP contribution >= 0.6 is 0 Å². The maximum absolute atomic E-state index is 16.9. The second-order valence-corrected chi connectivity index (χ2v) is 42.4. The molecule has 0 aromatic carbocycles. The largest absolute Gasteiger partial charge is 0.505 e. The standard InChI is InChI=1S/C94H155N5O50/c1-39(102)57(111)64(118)79(126)143-76-70(124)85(136-43(5)73(76)138-44(6)104)145-74-41(3)135-38-94(78(74)125,148-86-68(122)63(117)72(42(4)137-86)142-80(127)69(123)71(40(2)103)144-83-66(120)61(115)59(113)49(34-100)139-83)149-87(129)93-21-20-88(7,8)32-46(93)45-13-14-52-89(9)18-16-54(141-81(128)77(147-84-67(121)62(116)60(114)50(35-101)140-84)75(47(105)31-56(109)110)146-82-65(119)58(112)48(106)36-134-82)90(10,51(89)15-19-91(52,11)92(45,12)33-53(93)107)37-97-98-55(108)17-23-130-25-27-132-29-30-133-28-26-131-24-22-96-99-95/h13,37,39-43,46-54,57-68,70,72-86,100-103,105-107,111-128H,14-36,38H2,1-12H3,(H,98,108)(H,109,110)/b71-69-,97-37+/t39?,40?,41?,42?,43?,46?,47?,48?,49?,50?,51?,52?,53-,54+,57?,58?,59?,60?,61?,62?,63?,64?,65?,66?,67?,68?,70?,72?,73?,74?,75?,76?,77?,78?,79?,80?,81?,82?,83?,84?,85?,86?,89+,90+,91-,92-,93-,94?/m1/s1. The molecule has 6 saturated heterocycles. The van der Waals surface area contributed by atoms with E-state index in [1.807, 2.05) is 33.8 Å². The molecule has 0 bridgehead atoms. The summed E-state index contributed by atoms with van der Waals surface area (Å²) in [6, 6.07) is 0. The van der Waals surface area contributed by atoms with Crippen molar-refractivity contribution in [2.75, 3.05) is 85.8 Å². The van der Waals surface area contributed by atoms with E-state index in [0.717, 1.165) is 20.8 Å². The lowest BCUT2D eigenvalue weighted by molar-refractivity contribution is -0.421. The average molecular weight is 2160 g/mol. The van der Waals surface area contributed by atoms with E-state index in [-0.39, 0.29) is 124 Å². The van der Waals surface area contributed by atoms with E-state index >= 15 is 4.79 Å². The zero-order chi connectivity index (χ0) is 110. The molecule has 41 unspecified atom stereocenters. The first-order valence-electron chi connectivity index (χ1n) is 50.2. The van der Waals surface area contributed by atoms with Gasteiger partial charge in [-0.2, -0.15) is 5.10 Å². The van der Waals surface area contributed by atoms with Gasteiger partial charge in [-0.05, 0) is 137 Å². The Labute approximate surface area is 857 Å². The number of nitrogens with zero attached hydrogens (tertiary/aromatic N) is 4. The van der Waals surface area contributed by atoms with Crippen molar-refractivity contribution in [3.8, 4) is 0 Å². The molecule has 1 amide bonds. The number of aliphatic hydroxyl groups excluding tert-OH is 25. The zero-order valence-electron chi connectivity index (χ0n) is 85.1. The van der Waals surface area contributed by atoms with Gasteiger partial charge in [0, 0.05) is 30.0 Å². The molecule has 48 atom stereocenters. The van der Waals surface area contributed by atoms with Crippen molar-refractivity contribution in [3.05, 3.63) is 33.6 Å². The van der Waals surface area contributed by atoms with Crippen molar-refractivity contribution in [1.82, 2.24) is 5.43 Å². The van der Waals surface area contributed by atoms with E-state index in [4.69, 9.17) is 100 Å². The second-order valence-electron chi connectivity index (χ2n) is 42.4. The molecule has 0 radical (unpaired) electrons. The van der Waals surface area contributed by atoms with Crippen LogP contribution in [-0.2, 0) is 114 Å². The number of amides is 1. The number of fused-ring (bicyclic) bond motifs is 7. The normalized spacial score (nSPS) is 42.5. The van der Waals surface area contributed by atoms with E-state index in [2.05, 4.69) is 27.5 Å². The number of aliphatic hydroxyl groups is 25. The highest BCUT2D eigenvalue weighted by molar-refractivity contribution is 5.80. The minimum atomic E-state index is -3.12.